The predicted molar refractivity (Wildman–Crippen MR) is 110 cm³/mol. The number of halogens is 1. The van der Waals surface area contributed by atoms with Crippen molar-refractivity contribution in [2.45, 2.75) is 37.1 Å². The highest BCUT2D eigenvalue weighted by atomic mass is 32.2. The van der Waals surface area contributed by atoms with Gasteiger partial charge in [-0.2, -0.15) is 0 Å². The van der Waals surface area contributed by atoms with Crippen LogP contribution in [0.25, 0.3) is 11.0 Å². The fraction of sp³-hybridized carbons (Fsp3) is 0.381. The van der Waals surface area contributed by atoms with Crippen LogP contribution in [0.4, 0.5) is 4.39 Å². The highest BCUT2D eigenvalue weighted by Crippen LogP contribution is 2.21. The zero-order valence-corrected chi connectivity index (χ0v) is 16.7. The molecule has 0 radical (unpaired) electrons. The van der Waals surface area contributed by atoms with E-state index in [1.807, 2.05) is 0 Å². The fourth-order valence-electron chi connectivity index (χ4n) is 3.24. The molecule has 1 unspecified atom stereocenters. The van der Waals surface area contributed by atoms with E-state index in [9.17, 15) is 9.18 Å². The van der Waals surface area contributed by atoms with Gasteiger partial charge in [-0.25, -0.2) is 14.4 Å². The second kappa shape index (κ2) is 9.37. The number of hydrogen-bond donors (Lipinski definition) is 0. The summed E-state index contributed by atoms with van der Waals surface area (Å²) in [6.45, 7) is 1.75. The first-order chi connectivity index (χ1) is 14.2. The number of benzene rings is 1. The summed E-state index contributed by atoms with van der Waals surface area (Å²) >= 11 is 1.51. The third-order valence-corrected chi connectivity index (χ3v) is 5.77. The average Bonchev–Trinajstić information content (AvgIpc) is 3.25. The van der Waals surface area contributed by atoms with Crippen LogP contribution in [0.3, 0.4) is 0 Å². The molecular weight excluding hydrogens is 393 g/mol. The highest BCUT2D eigenvalue weighted by molar-refractivity contribution is 7.99. The number of rotatable bonds is 8. The number of fused-ring (bicyclic) bond motifs is 1. The van der Waals surface area contributed by atoms with Gasteiger partial charge in [-0.05, 0) is 55.7 Å². The number of hydrogen-bond acceptors (Lipinski definition) is 6. The molecule has 0 saturated carbocycles. The Morgan fingerprint density at radius 3 is 2.93 bits per heavy atom. The molecule has 0 bridgehead atoms. The summed E-state index contributed by atoms with van der Waals surface area (Å²) in [5.41, 5.74) is 0.384. The van der Waals surface area contributed by atoms with Gasteiger partial charge < -0.3 is 9.47 Å². The molecule has 1 aliphatic rings. The van der Waals surface area contributed by atoms with E-state index in [1.165, 1.54) is 23.9 Å². The molecule has 8 heteroatoms. The molecule has 3 aromatic rings. The number of pyridine rings is 1. The van der Waals surface area contributed by atoms with Gasteiger partial charge in [0.25, 0.3) is 5.56 Å². The molecule has 6 nitrogen and oxygen atoms in total. The van der Waals surface area contributed by atoms with Crippen molar-refractivity contribution in [1.29, 1.82) is 0 Å². The molecular formula is C21H22FN3O3S. The van der Waals surface area contributed by atoms with Crippen LogP contribution in [0.2, 0.25) is 0 Å². The van der Waals surface area contributed by atoms with Crippen molar-refractivity contribution in [2.75, 3.05) is 19.0 Å². The van der Waals surface area contributed by atoms with Gasteiger partial charge in [-0.15, -0.1) is 0 Å². The van der Waals surface area contributed by atoms with Crippen molar-refractivity contribution < 1.29 is 13.9 Å². The molecule has 1 aliphatic heterocycles. The van der Waals surface area contributed by atoms with Gasteiger partial charge in [0.15, 0.2) is 10.8 Å². The van der Waals surface area contributed by atoms with Crippen LogP contribution in [0.15, 0.2) is 52.5 Å². The summed E-state index contributed by atoms with van der Waals surface area (Å²) < 4.78 is 26.0. The third kappa shape index (κ3) is 4.94. The Balaban J connectivity index is 1.43. The van der Waals surface area contributed by atoms with Crippen molar-refractivity contribution in [3.8, 4) is 5.75 Å². The molecule has 1 aromatic carbocycles. The molecule has 0 aliphatic carbocycles. The lowest BCUT2D eigenvalue weighted by molar-refractivity contribution is 0.0937. The van der Waals surface area contributed by atoms with Gasteiger partial charge in [0, 0.05) is 18.6 Å². The van der Waals surface area contributed by atoms with Crippen LogP contribution < -0.4 is 10.3 Å². The Labute approximate surface area is 172 Å². The normalized spacial score (nSPS) is 16.4. The lowest BCUT2D eigenvalue weighted by atomic mass is 10.2. The first kappa shape index (κ1) is 19.8. The van der Waals surface area contributed by atoms with E-state index in [0.29, 0.717) is 35.1 Å². The van der Waals surface area contributed by atoms with Crippen molar-refractivity contribution in [3.63, 3.8) is 0 Å². The Morgan fingerprint density at radius 1 is 1.28 bits per heavy atom. The second-order valence-corrected chi connectivity index (χ2v) is 7.89. The lowest BCUT2D eigenvalue weighted by Crippen LogP contribution is -2.29. The second-order valence-electron chi connectivity index (χ2n) is 6.82. The largest absolute Gasteiger partial charge is 0.494 e. The molecule has 1 atom stereocenters. The van der Waals surface area contributed by atoms with Crippen molar-refractivity contribution in [2.24, 2.45) is 0 Å². The van der Waals surface area contributed by atoms with Crippen molar-refractivity contribution in [1.82, 2.24) is 14.5 Å². The average molecular weight is 415 g/mol. The summed E-state index contributed by atoms with van der Waals surface area (Å²) in [5, 5.41) is 1.17. The fourth-order valence-corrected chi connectivity index (χ4v) is 4.15. The Bertz CT molecular complexity index is 1020. The highest BCUT2D eigenvalue weighted by Gasteiger charge is 2.20. The quantitative estimate of drug-likeness (QED) is 0.318. The van der Waals surface area contributed by atoms with Gasteiger partial charge in [0.05, 0.1) is 24.6 Å². The summed E-state index contributed by atoms with van der Waals surface area (Å²) in [6, 6.07) is 9.48. The lowest BCUT2D eigenvalue weighted by Gasteiger charge is -2.16. The molecule has 1 fully saturated rings. The van der Waals surface area contributed by atoms with Gasteiger partial charge >= 0.3 is 0 Å². The molecule has 2 aromatic heterocycles. The number of thioether (sulfide) groups is 1. The Kier molecular flexibility index (Phi) is 6.41. The Morgan fingerprint density at radius 2 is 2.14 bits per heavy atom. The van der Waals surface area contributed by atoms with E-state index >= 15 is 0 Å². The van der Waals surface area contributed by atoms with Crippen LogP contribution in [0, 0.1) is 5.82 Å². The maximum absolute atomic E-state index is 13.0. The number of ether oxygens (including phenoxy) is 2. The van der Waals surface area contributed by atoms with Crippen LogP contribution >= 0.6 is 11.8 Å². The monoisotopic (exact) mass is 415 g/mol. The molecule has 152 valence electrons. The van der Waals surface area contributed by atoms with E-state index in [-0.39, 0.29) is 17.5 Å². The molecule has 3 heterocycles. The molecule has 0 N–H and O–H groups in total. The van der Waals surface area contributed by atoms with Crippen LogP contribution in [-0.4, -0.2) is 39.6 Å². The predicted octanol–water partition coefficient (Wildman–Crippen LogP) is 3.67. The minimum atomic E-state index is -0.284. The van der Waals surface area contributed by atoms with E-state index in [4.69, 9.17) is 9.47 Å². The van der Waals surface area contributed by atoms with Crippen molar-refractivity contribution in [3.05, 3.63) is 58.8 Å². The molecule has 29 heavy (non-hydrogen) atoms. The maximum atomic E-state index is 13.0. The zero-order chi connectivity index (χ0) is 20.1. The standard InChI is InChI=1S/C21H22FN3O3S/c22-15-6-8-16(9-7-15)27-12-3-13-29-21-24-19-18(5-1-10-23-19)20(26)25(21)14-17-4-2-11-28-17/h1,5-10,17H,2-4,11-14H2. The van der Waals surface area contributed by atoms with Gasteiger partial charge in [0.1, 0.15) is 11.6 Å². The third-order valence-electron chi connectivity index (χ3n) is 4.71. The SMILES string of the molecule is O=c1c2cccnc2nc(SCCCOc2ccc(F)cc2)n1CC1CCCO1. The molecule has 1 saturated heterocycles. The van der Waals surface area contributed by atoms with E-state index in [1.54, 1.807) is 35.0 Å². The minimum absolute atomic E-state index is 0.0461. The van der Waals surface area contributed by atoms with E-state index < -0.39 is 0 Å². The molecule has 0 amide bonds. The smallest absolute Gasteiger partial charge is 0.263 e. The molecule has 0 spiro atoms. The maximum Gasteiger partial charge on any atom is 0.263 e. The minimum Gasteiger partial charge on any atom is -0.494 e. The number of aromatic nitrogens is 3. The van der Waals surface area contributed by atoms with E-state index in [0.717, 1.165) is 31.6 Å². The Hall–Kier alpha value is -2.45. The molecule has 4 rings (SSSR count). The van der Waals surface area contributed by atoms with Gasteiger partial charge in [-0.1, -0.05) is 11.8 Å². The van der Waals surface area contributed by atoms with Crippen molar-refractivity contribution >= 4 is 22.8 Å². The first-order valence-electron chi connectivity index (χ1n) is 9.69. The zero-order valence-electron chi connectivity index (χ0n) is 15.9. The van der Waals surface area contributed by atoms with Crippen LogP contribution in [0.5, 0.6) is 5.75 Å². The summed E-state index contributed by atoms with van der Waals surface area (Å²) in [7, 11) is 0. The van der Waals surface area contributed by atoms with Crippen LogP contribution in [-0.2, 0) is 11.3 Å². The van der Waals surface area contributed by atoms with Gasteiger partial charge in [0.2, 0.25) is 0 Å². The first-order valence-corrected chi connectivity index (χ1v) is 10.7. The van der Waals surface area contributed by atoms with Gasteiger partial charge in [-0.3, -0.25) is 9.36 Å². The summed E-state index contributed by atoms with van der Waals surface area (Å²) in [4.78, 5) is 21.9. The van der Waals surface area contributed by atoms with E-state index in [2.05, 4.69) is 9.97 Å². The van der Waals surface area contributed by atoms with Crippen LogP contribution in [0.1, 0.15) is 19.3 Å². The summed E-state index contributed by atoms with van der Waals surface area (Å²) in [6.07, 6.45) is 4.42. The number of nitrogens with zero attached hydrogens (tertiary/aromatic N) is 3. The topological polar surface area (TPSA) is 66.2 Å². The summed E-state index contributed by atoms with van der Waals surface area (Å²) in [5.74, 6) is 1.09.